The maximum absolute atomic E-state index is 11.9. The summed E-state index contributed by atoms with van der Waals surface area (Å²) in [5.74, 6) is 1.34. The molecule has 1 amide bonds. The Balaban J connectivity index is 1.73. The van der Waals surface area contributed by atoms with Gasteiger partial charge in [-0.25, -0.2) is 5.43 Å². The highest BCUT2D eigenvalue weighted by atomic mass is 16.5. The molecule has 0 radical (unpaired) electrons. The van der Waals surface area contributed by atoms with Crippen LogP contribution < -0.4 is 14.9 Å². The zero-order valence-corrected chi connectivity index (χ0v) is 15.6. The number of nitrogens with one attached hydrogen (secondary N) is 1. The molecule has 0 heterocycles. The van der Waals surface area contributed by atoms with Crippen molar-refractivity contribution in [1.82, 2.24) is 5.43 Å². The van der Waals surface area contributed by atoms with Gasteiger partial charge in [-0.2, -0.15) is 10.4 Å². The summed E-state index contributed by atoms with van der Waals surface area (Å²) in [6.45, 7) is 2.05. The van der Waals surface area contributed by atoms with Gasteiger partial charge in [-0.1, -0.05) is 6.07 Å². The molecule has 2 rings (SSSR count). The number of rotatable bonds is 9. The Morgan fingerprint density at radius 2 is 1.96 bits per heavy atom. The van der Waals surface area contributed by atoms with Crippen LogP contribution in [0.4, 0.5) is 0 Å². The first-order chi connectivity index (χ1) is 13.1. The predicted octanol–water partition coefficient (Wildman–Crippen LogP) is 3.38. The molecule has 0 saturated carbocycles. The summed E-state index contributed by atoms with van der Waals surface area (Å²) in [4.78, 5) is 11.9. The first-order valence-electron chi connectivity index (χ1n) is 8.67. The number of hydrogen-bond donors (Lipinski definition) is 1. The van der Waals surface area contributed by atoms with Gasteiger partial charge in [-0.3, -0.25) is 4.79 Å². The number of nitriles is 1. The van der Waals surface area contributed by atoms with Crippen LogP contribution in [0.2, 0.25) is 0 Å². The highest BCUT2D eigenvalue weighted by Crippen LogP contribution is 2.18. The van der Waals surface area contributed by atoms with E-state index in [-0.39, 0.29) is 12.5 Å². The van der Waals surface area contributed by atoms with E-state index in [0.29, 0.717) is 12.2 Å². The second-order valence-electron chi connectivity index (χ2n) is 5.95. The van der Waals surface area contributed by atoms with E-state index < -0.39 is 0 Å². The highest BCUT2D eigenvalue weighted by Gasteiger charge is 2.04. The Kier molecular flexibility index (Phi) is 7.86. The Bertz CT molecular complexity index is 824. The molecule has 0 aliphatic heterocycles. The molecule has 0 fully saturated rings. The van der Waals surface area contributed by atoms with E-state index in [1.165, 1.54) is 5.56 Å². The van der Waals surface area contributed by atoms with Gasteiger partial charge in [0, 0.05) is 6.42 Å². The third kappa shape index (κ3) is 6.83. The van der Waals surface area contributed by atoms with Crippen LogP contribution in [-0.2, 0) is 11.2 Å². The van der Waals surface area contributed by atoms with Crippen molar-refractivity contribution >= 4 is 12.1 Å². The Hall–Kier alpha value is -3.33. The maximum atomic E-state index is 11.9. The molecule has 2 aromatic rings. The van der Waals surface area contributed by atoms with Gasteiger partial charge in [0.15, 0.2) is 6.61 Å². The molecule has 6 nitrogen and oxygen atoms in total. The molecule has 0 unspecified atom stereocenters. The highest BCUT2D eigenvalue weighted by molar-refractivity contribution is 5.82. The fourth-order valence-corrected chi connectivity index (χ4v) is 2.52. The van der Waals surface area contributed by atoms with Crippen LogP contribution in [0.1, 0.15) is 29.5 Å². The Labute approximate surface area is 159 Å². The topological polar surface area (TPSA) is 83.7 Å². The zero-order valence-electron chi connectivity index (χ0n) is 15.6. The van der Waals surface area contributed by atoms with Gasteiger partial charge in [0.2, 0.25) is 5.91 Å². The zero-order chi connectivity index (χ0) is 19.5. The molecule has 2 aromatic carbocycles. The molecule has 0 saturated heterocycles. The standard InChI is InChI=1S/C21H23N3O3/c1-16-14-20(26-2)11-8-18(16)4-3-5-21(25)24-23-15-17-6-9-19(10-7-17)27-13-12-22/h6-11,14-15H,3-5,13H2,1-2H3,(H,24,25)/b23-15-. The molecule has 6 heteroatoms. The largest absolute Gasteiger partial charge is 0.497 e. The predicted molar refractivity (Wildman–Crippen MR) is 104 cm³/mol. The van der Waals surface area contributed by atoms with Crippen molar-refractivity contribution in [2.75, 3.05) is 13.7 Å². The van der Waals surface area contributed by atoms with Gasteiger partial charge in [0.05, 0.1) is 13.3 Å². The molecule has 0 spiro atoms. The Morgan fingerprint density at radius 1 is 1.22 bits per heavy atom. The van der Waals surface area contributed by atoms with Crippen molar-refractivity contribution in [2.24, 2.45) is 5.10 Å². The van der Waals surface area contributed by atoms with Crippen LogP contribution in [-0.4, -0.2) is 25.8 Å². The molecular formula is C21H23N3O3. The fourth-order valence-electron chi connectivity index (χ4n) is 2.52. The molecule has 0 bridgehead atoms. The average molecular weight is 365 g/mol. The van der Waals surface area contributed by atoms with E-state index in [0.717, 1.165) is 29.7 Å². The van der Waals surface area contributed by atoms with E-state index in [1.54, 1.807) is 37.6 Å². The van der Waals surface area contributed by atoms with E-state index in [4.69, 9.17) is 14.7 Å². The number of nitrogens with zero attached hydrogens (tertiary/aromatic N) is 2. The van der Waals surface area contributed by atoms with Crippen molar-refractivity contribution in [3.63, 3.8) is 0 Å². The van der Waals surface area contributed by atoms with Crippen LogP contribution in [0.3, 0.4) is 0 Å². The molecule has 0 aliphatic rings. The summed E-state index contributed by atoms with van der Waals surface area (Å²) in [7, 11) is 1.65. The molecule has 140 valence electrons. The lowest BCUT2D eigenvalue weighted by Crippen LogP contribution is -2.17. The van der Waals surface area contributed by atoms with Crippen molar-refractivity contribution in [2.45, 2.75) is 26.2 Å². The number of carbonyl (C=O) groups excluding carboxylic acids is 1. The summed E-state index contributed by atoms with van der Waals surface area (Å²) < 4.78 is 10.4. The number of benzene rings is 2. The van der Waals surface area contributed by atoms with Gasteiger partial charge < -0.3 is 9.47 Å². The molecular weight excluding hydrogens is 342 g/mol. The van der Waals surface area contributed by atoms with E-state index in [2.05, 4.69) is 10.5 Å². The average Bonchev–Trinajstić information content (AvgIpc) is 2.68. The SMILES string of the molecule is COc1ccc(CCCC(=O)N/N=C\c2ccc(OCC#N)cc2)c(C)c1. The van der Waals surface area contributed by atoms with E-state index >= 15 is 0 Å². The molecule has 0 atom stereocenters. The summed E-state index contributed by atoms with van der Waals surface area (Å²) >= 11 is 0. The lowest BCUT2D eigenvalue weighted by molar-refractivity contribution is -0.121. The maximum Gasteiger partial charge on any atom is 0.240 e. The number of carbonyl (C=O) groups is 1. The quantitative estimate of drug-likeness (QED) is 0.545. The smallest absolute Gasteiger partial charge is 0.240 e. The number of amides is 1. The fraction of sp³-hybridized carbons (Fsp3) is 0.286. The first kappa shape index (κ1) is 20.0. The lowest BCUT2D eigenvalue weighted by atomic mass is 10.0. The van der Waals surface area contributed by atoms with Crippen molar-refractivity contribution < 1.29 is 14.3 Å². The minimum atomic E-state index is -0.119. The van der Waals surface area contributed by atoms with Gasteiger partial charge in [-0.05, 0) is 72.9 Å². The number of hydrazone groups is 1. The van der Waals surface area contributed by atoms with Gasteiger partial charge in [0.1, 0.15) is 17.6 Å². The molecule has 27 heavy (non-hydrogen) atoms. The van der Waals surface area contributed by atoms with Crippen molar-refractivity contribution in [3.05, 3.63) is 59.2 Å². The van der Waals surface area contributed by atoms with Crippen LogP contribution >= 0.6 is 0 Å². The van der Waals surface area contributed by atoms with Crippen molar-refractivity contribution in [3.8, 4) is 17.6 Å². The lowest BCUT2D eigenvalue weighted by Gasteiger charge is -2.07. The number of methoxy groups -OCH3 is 1. The Morgan fingerprint density at radius 3 is 2.63 bits per heavy atom. The number of hydrogen-bond acceptors (Lipinski definition) is 5. The second-order valence-corrected chi connectivity index (χ2v) is 5.95. The minimum absolute atomic E-state index is 0.0134. The van der Waals surface area contributed by atoms with Crippen LogP contribution in [0.15, 0.2) is 47.6 Å². The van der Waals surface area contributed by atoms with E-state index in [9.17, 15) is 4.79 Å². The summed E-state index contributed by atoms with van der Waals surface area (Å²) in [6, 6.07) is 15.0. The van der Waals surface area contributed by atoms with Crippen LogP contribution in [0.5, 0.6) is 11.5 Å². The molecule has 0 aromatic heterocycles. The van der Waals surface area contributed by atoms with Crippen molar-refractivity contribution in [1.29, 1.82) is 5.26 Å². The van der Waals surface area contributed by atoms with Crippen LogP contribution in [0, 0.1) is 18.3 Å². The van der Waals surface area contributed by atoms with E-state index in [1.807, 2.05) is 31.2 Å². The summed E-state index contributed by atoms with van der Waals surface area (Å²) in [5, 5.41) is 12.4. The summed E-state index contributed by atoms with van der Waals surface area (Å²) in [6.07, 6.45) is 3.56. The molecule has 0 aliphatic carbocycles. The number of aryl methyl sites for hydroxylation is 2. The normalized spacial score (nSPS) is 10.4. The third-order valence-corrected chi connectivity index (χ3v) is 3.99. The second kappa shape index (κ2) is 10.6. The minimum Gasteiger partial charge on any atom is -0.497 e. The van der Waals surface area contributed by atoms with Gasteiger partial charge in [0.25, 0.3) is 0 Å². The van der Waals surface area contributed by atoms with Gasteiger partial charge >= 0.3 is 0 Å². The molecule has 1 N–H and O–H groups in total. The van der Waals surface area contributed by atoms with Crippen LogP contribution in [0.25, 0.3) is 0 Å². The number of ether oxygens (including phenoxy) is 2. The summed E-state index contributed by atoms with van der Waals surface area (Å²) in [5.41, 5.74) is 5.74. The monoisotopic (exact) mass is 365 g/mol. The van der Waals surface area contributed by atoms with Gasteiger partial charge in [-0.15, -0.1) is 0 Å². The third-order valence-electron chi connectivity index (χ3n) is 3.99. The first-order valence-corrected chi connectivity index (χ1v) is 8.67.